The Bertz CT molecular complexity index is 507. The summed E-state index contributed by atoms with van der Waals surface area (Å²) in [5.41, 5.74) is 1.86. The maximum Gasteiger partial charge on any atom is 0.272 e. The second-order valence-electron chi connectivity index (χ2n) is 5.65. The number of nitrogens with zero attached hydrogens (tertiary/aromatic N) is 1. The smallest absolute Gasteiger partial charge is 0.272 e. The fourth-order valence-electron chi connectivity index (χ4n) is 2.63. The molecule has 0 saturated heterocycles. The summed E-state index contributed by atoms with van der Waals surface area (Å²) < 4.78 is 5.70. The van der Waals surface area contributed by atoms with Gasteiger partial charge in [0.1, 0.15) is 0 Å². The largest absolute Gasteiger partial charge is 0.394 e. The van der Waals surface area contributed by atoms with Crippen molar-refractivity contribution in [1.82, 2.24) is 15.5 Å². The van der Waals surface area contributed by atoms with Crippen molar-refractivity contribution in [1.29, 1.82) is 0 Å². The van der Waals surface area contributed by atoms with Crippen LogP contribution in [0.4, 0.5) is 0 Å². The van der Waals surface area contributed by atoms with Crippen molar-refractivity contribution in [3.63, 3.8) is 0 Å². The lowest BCUT2D eigenvalue weighted by molar-refractivity contribution is -0.00697. The normalized spacial score (nSPS) is 27.7. The van der Waals surface area contributed by atoms with E-state index in [1.807, 2.05) is 13.8 Å². The number of fused-ring (bicyclic) bond motifs is 1. The van der Waals surface area contributed by atoms with Gasteiger partial charge >= 0.3 is 0 Å². The maximum atomic E-state index is 12.3. The van der Waals surface area contributed by atoms with Crippen molar-refractivity contribution in [3.8, 4) is 0 Å². The molecule has 1 aliphatic carbocycles. The van der Waals surface area contributed by atoms with Gasteiger partial charge in [0, 0.05) is 12.0 Å². The number of amides is 1. The van der Waals surface area contributed by atoms with Gasteiger partial charge in [-0.1, -0.05) is 0 Å². The molecule has 0 bridgehead atoms. The Morgan fingerprint density at radius 1 is 1.58 bits per heavy atom. The summed E-state index contributed by atoms with van der Waals surface area (Å²) in [4.78, 5) is 12.3. The van der Waals surface area contributed by atoms with Crippen molar-refractivity contribution >= 4 is 5.91 Å². The molecule has 19 heavy (non-hydrogen) atoms. The quantitative estimate of drug-likeness (QED) is 0.750. The van der Waals surface area contributed by atoms with Crippen molar-refractivity contribution < 1.29 is 14.6 Å². The first-order chi connectivity index (χ1) is 9.04. The zero-order chi connectivity index (χ0) is 13.6. The molecule has 1 saturated carbocycles. The number of carbonyl (C=O) groups is 1. The van der Waals surface area contributed by atoms with E-state index in [0.717, 1.165) is 24.1 Å². The van der Waals surface area contributed by atoms with E-state index in [1.54, 1.807) is 0 Å². The van der Waals surface area contributed by atoms with Crippen molar-refractivity contribution in [3.05, 3.63) is 17.0 Å². The van der Waals surface area contributed by atoms with Crippen LogP contribution in [0.1, 0.15) is 54.5 Å². The Morgan fingerprint density at radius 2 is 2.32 bits per heavy atom. The molecule has 1 aliphatic heterocycles. The fraction of sp³-hybridized carbons (Fsp3) is 0.692. The highest BCUT2D eigenvalue weighted by atomic mass is 16.5. The number of nitrogens with one attached hydrogen (secondary N) is 2. The van der Waals surface area contributed by atoms with Gasteiger partial charge in [-0.2, -0.15) is 5.10 Å². The number of H-pyrrole nitrogens is 1. The van der Waals surface area contributed by atoms with Crippen LogP contribution in [0.15, 0.2) is 0 Å². The van der Waals surface area contributed by atoms with Crippen LogP contribution in [-0.2, 0) is 11.2 Å². The number of aromatic amines is 1. The number of hydrogen-bond donors (Lipinski definition) is 3. The lowest BCUT2D eigenvalue weighted by atomic mass is 9.99. The van der Waals surface area contributed by atoms with Crippen LogP contribution in [0.2, 0.25) is 0 Å². The Kier molecular flexibility index (Phi) is 2.87. The number of rotatable bonds is 3. The lowest BCUT2D eigenvalue weighted by Crippen LogP contribution is -2.40. The number of aliphatic hydroxyl groups excluding tert-OH is 1. The zero-order valence-electron chi connectivity index (χ0n) is 11.2. The fourth-order valence-corrected chi connectivity index (χ4v) is 2.63. The maximum absolute atomic E-state index is 12.3. The average Bonchev–Trinajstić information content (AvgIpc) is 2.99. The van der Waals surface area contributed by atoms with Crippen molar-refractivity contribution in [2.24, 2.45) is 0 Å². The second-order valence-corrected chi connectivity index (χ2v) is 5.65. The van der Waals surface area contributed by atoms with E-state index < -0.39 is 5.54 Å². The molecular formula is C13H19N3O3. The van der Waals surface area contributed by atoms with Crippen LogP contribution in [0.25, 0.3) is 0 Å². The van der Waals surface area contributed by atoms with E-state index in [1.165, 1.54) is 0 Å². The molecular weight excluding hydrogens is 246 g/mol. The highest BCUT2D eigenvalue weighted by Crippen LogP contribution is 2.35. The Morgan fingerprint density at radius 3 is 2.95 bits per heavy atom. The van der Waals surface area contributed by atoms with E-state index in [0.29, 0.717) is 12.1 Å². The van der Waals surface area contributed by atoms with Crippen LogP contribution >= 0.6 is 0 Å². The number of aromatic nitrogens is 2. The van der Waals surface area contributed by atoms with Gasteiger partial charge in [0.2, 0.25) is 0 Å². The zero-order valence-corrected chi connectivity index (χ0v) is 11.2. The summed E-state index contributed by atoms with van der Waals surface area (Å²) in [6.45, 7) is 3.93. The molecule has 0 spiro atoms. The summed E-state index contributed by atoms with van der Waals surface area (Å²) in [5, 5.41) is 19.2. The molecule has 2 atom stereocenters. The summed E-state index contributed by atoms with van der Waals surface area (Å²) >= 11 is 0. The van der Waals surface area contributed by atoms with E-state index >= 15 is 0 Å². The third-order valence-corrected chi connectivity index (χ3v) is 3.98. The van der Waals surface area contributed by atoms with E-state index in [-0.39, 0.29) is 24.7 Å². The molecule has 3 rings (SSSR count). The first-order valence-electron chi connectivity index (χ1n) is 6.70. The Labute approximate surface area is 111 Å². The van der Waals surface area contributed by atoms with Crippen LogP contribution in [0.5, 0.6) is 0 Å². The minimum absolute atomic E-state index is 0.0126. The summed E-state index contributed by atoms with van der Waals surface area (Å²) in [6.07, 6.45) is 2.36. The van der Waals surface area contributed by atoms with Crippen molar-refractivity contribution in [2.75, 3.05) is 6.61 Å². The third kappa shape index (κ3) is 2.15. The highest BCUT2D eigenvalue weighted by Gasteiger charge is 2.44. The van der Waals surface area contributed by atoms with Gasteiger partial charge in [0.05, 0.1) is 30.0 Å². The average molecular weight is 265 g/mol. The van der Waals surface area contributed by atoms with Crippen molar-refractivity contribution in [2.45, 2.75) is 50.9 Å². The molecule has 1 aromatic heterocycles. The number of hydrogen-bond acceptors (Lipinski definition) is 4. The number of carbonyl (C=O) groups excluding carboxylic acids is 1. The van der Waals surface area contributed by atoms with E-state index in [2.05, 4.69) is 15.5 Å². The molecule has 6 nitrogen and oxygen atoms in total. The van der Waals surface area contributed by atoms with E-state index in [4.69, 9.17) is 4.74 Å². The first-order valence-corrected chi connectivity index (χ1v) is 6.70. The van der Waals surface area contributed by atoms with Gasteiger partial charge in [0.15, 0.2) is 5.69 Å². The van der Waals surface area contributed by atoms with Gasteiger partial charge in [0.25, 0.3) is 5.91 Å². The standard InChI is InChI=1S/C13H19N3O3/c1-7-5-9-10(8(2)19-7)15-16-11(9)12(18)14-13(6-17)3-4-13/h7-8,17H,3-6H2,1-2H3,(H,14,18)(H,15,16)/t7-,8+/m1/s1. The van der Waals surface area contributed by atoms with Gasteiger partial charge < -0.3 is 15.2 Å². The van der Waals surface area contributed by atoms with Gasteiger partial charge in [-0.25, -0.2) is 0 Å². The van der Waals surface area contributed by atoms with Gasteiger partial charge in [-0.15, -0.1) is 0 Å². The summed E-state index contributed by atoms with van der Waals surface area (Å²) in [7, 11) is 0. The summed E-state index contributed by atoms with van der Waals surface area (Å²) in [6, 6.07) is 0. The molecule has 1 fully saturated rings. The lowest BCUT2D eigenvalue weighted by Gasteiger charge is -2.25. The van der Waals surface area contributed by atoms with Crippen LogP contribution < -0.4 is 5.32 Å². The van der Waals surface area contributed by atoms with Gasteiger partial charge in [-0.3, -0.25) is 9.89 Å². The van der Waals surface area contributed by atoms with Crippen LogP contribution in [-0.4, -0.2) is 39.5 Å². The molecule has 2 aliphatic rings. The topological polar surface area (TPSA) is 87.2 Å². The molecule has 0 unspecified atom stereocenters. The SMILES string of the molecule is C[C@@H]1Cc2c(C(=O)NC3(CO)CC3)n[nH]c2[C@H](C)O1. The number of ether oxygens (including phenoxy) is 1. The molecule has 6 heteroatoms. The summed E-state index contributed by atoms with van der Waals surface area (Å²) in [5.74, 6) is -0.203. The molecule has 104 valence electrons. The molecule has 0 aromatic carbocycles. The first kappa shape index (κ1) is 12.6. The second kappa shape index (κ2) is 4.31. The van der Waals surface area contributed by atoms with E-state index in [9.17, 15) is 9.90 Å². The Hall–Kier alpha value is -1.40. The predicted octanol–water partition coefficient (Wildman–Crippen LogP) is 0.687. The Balaban J connectivity index is 1.84. The minimum Gasteiger partial charge on any atom is -0.394 e. The molecule has 1 amide bonds. The highest BCUT2D eigenvalue weighted by molar-refractivity contribution is 5.94. The molecule has 3 N–H and O–H groups in total. The van der Waals surface area contributed by atoms with Crippen LogP contribution in [0, 0.1) is 0 Å². The molecule has 2 heterocycles. The predicted molar refractivity (Wildman–Crippen MR) is 67.8 cm³/mol. The third-order valence-electron chi connectivity index (χ3n) is 3.98. The minimum atomic E-state index is -0.411. The van der Waals surface area contributed by atoms with Gasteiger partial charge in [-0.05, 0) is 26.7 Å². The monoisotopic (exact) mass is 265 g/mol. The molecule has 0 radical (unpaired) electrons. The van der Waals surface area contributed by atoms with Crippen LogP contribution in [0.3, 0.4) is 0 Å². The number of aliphatic hydroxyl groups is 1. The molecule has 1 aromatic rings.